The third kappa shape index (κ3) is 6.83. The number of fused-ring (bicyclic) bond motifs is 1. The van der Waals surface area contributed by atoms with Crippen LogP contribution in [0.15, 0.2) is 35.7 Å². The van der Waals surface area contributed by atoms with Crippen LogP contribution in [0.3, 0.4) is 0 Å². The van der Waals surface area contributed by atoms with E-state index in [1.807, 2.05) is 17.0 Å². The summed E-state index contributed by atoms with van der Waals surface area (Å²) in [4.78, 5) is 30.9. The van der Waals surface area contributed by atoms with Gasteiger partial charge >= 0.3 is 0 Å². The van der Waals surface area contributed by atoms with Crippen molar-refractivity contribution >= 4 is 23.2 Å². The van der Waals surface area contributed by atoms with E-state index < -0.39 is 0 Å². The van der Waals surface area contributed by atoms with Crippen LogP contribution >= 0.6 is 11.3 Å². The zero-order valence-corrected chi connectivity index (χ0v) is 21.9. The molecule has 1 aromatic heterocycles. The Morgan fingerprint density at radius 1 is 1.15 bits per heavy atom. The molecule has 0 radical (unpaired) electrons. The Labute approximate surface area is 207 Å². The second-order valence-corrected chi connectivity index (χ2v) is 10.6. The van der Waals surface area contributed by atoms with Gasteiger partial charge in [-0.05, 0) is 59.4 Å². The van der Waals surface area contributed by atoms with Crippen LogP contribution in [0.25, 0.3) is 0 Å². The number of nitrogens with zero attached hydrogens (tertiary/aromatic N) is 2. The first-order valence-corrected chi connectivity index (χ1v) is 13.0. The summed E-state index contributed by atoms with van der Waals surface area (Å²) in [6, 6.07) is 10.1. The highest BCUT2D eigenvalue weighted by molar-refractivity contribution is 7.10. The van der Waals surface area contributed by atoms with E-state index in [9.17, 15) is 9.59 Å². The molecule has 1 aliphatic rings. The van der Waals surface area contributed by atoms with Crippen molar-refractivity contribution < 1.29 is 19.1 Å². The largest absolute Gasteiger partial charge is 0.491 e. The number of benzene rings is 1. The third-order valence-electron chi connectivity index (χ3n) is 6.29. The van der Waals surface area contributed by atoms with Crippen molar-refractivity contribution in [1.82, 2.24) is 9.80 Å². The fourth-order valence-corrected chi connectivity index (χ4v) is 5.10. The Bertz CT molecular complexity index is 938. The number of carbonyl (C=O) groups is 2. The molecule has 0 aliphatic carbocycles. The van der Waals surface area contributed by atoms with E-state index in [2.05, 4.69) is 51.3 Å². The number of hydrogen-bond acceptors (Lipinski definition) is 5. The fourth-order valence-electron chi connectivity index (χ4n) is 4.17. The van der Waals surface area contributed by atoms with Crippen molar-refractivity contribution in [3.05, 3.63) is 51.7 Å². The number of hydrogen-bond donors (Lipinski definition) is 0. The second-order valence-electron chi connectivity index (χ2n) is 9.62. The van der Waals surface area contributed by atoms with Crippen LogP contribution in [-0.4, -0.2) is 61.6 Å². The van der Waals surface area contributed by atoms with E-state index in [-0.39, 0.29) is 31.0 Å². The van der Waals surface area contributed by atoms with Crippen molar-refractivity contribution in [2.75, 3.05) is 40.0 Å². The van der Waals surface area contributed by atoms with Crippen molar-refractivity contribution in [1.29, 1.82) is 0 Å². The van der Waals surface area contributed by atoms with Gasteiger partial charge in [-0.3, -0.25) is 9.59 Å². The lowest BCUT2D eigenvalue weighted by Gasteiger charge is -2.37. The van der Waals surface area contributed by atoms with E-state index in [1.165, 1.54) is 17.6 Å². The molecule has 186 valence electrons. The van der Waals surface area contributed by atoms with Crippen molar-refractivity contribution in [2.24, 2.45) is 5.92 Å². The van der Waals surface area contributed by atoms with Crippen molar-refractivity contribution in [3.63, 3.8) is 0 Å². The zero-order chi connectivity index (χ0) is 24.7. The predicted molar refractivity (Wildman–Crippen MR) is 136 cm³/mol. The van der Waals surface area contributed by atoms with E-state index in [0.717, 1.165) is 24.2 Å². The van der Waals surface area contributed by atoms with Gasteiger partial charge in [0.1, 0.15) is 19.0 Å². The Morgan fingerprint density at radius 3 is 2.53 bits per heavy atom. The molecule has 0 saturated heterocycles. The first-order valence-electron chi connectivity index (χ1n) is 12.1. The van der Waals surface area contributed by atoms with Crippen LogP contribution < -0.4 is 4.74 Å². The van der Waals surface area contributed by atoms with Crippen LogP contribution in [-0.2, 0) is 20.7 Å². The van der Waals surface area contributed by atoms with Gasteiger partial charge in [-0.1, -0.05) is 39.8 Å². The fraction of sp³-hybridized carbons (Fsp3) is 0.556. The normalized spacial score (nSPS) is 15.5. The van der Waals surface area contributed by atoms with Crippen LogP contribution in [0.5, 0.6) is 5.75 Å². The van der Waals surface area contributed by atoms with Gasteiger partial charge in [0.05, 0.1) is 12.6 Å². The smallest absolute Gasteiger partial charge is 0.249 e. The van der Waals surface area contributed by atoms with Gasteiger partial charge in [-0.2, -0.15) is 0 Å². The standard InChI is InChI=1S/C27H38N2O4S/c1-19(2)10-13-28(27(31)18-32-5)16-26(30)29-14-11-25-23(12-15-34-25)24(29)17-33-22-8-6-21(7-9-22)20(3)4/h6-9,12,15,19-20,24H,10-11,13-14,16-18H2,1-5H3. The zero-order valence-electron chi connectivity index (χ0n) is 21.1. The van der Waals surface area contributed by atoms with Gasteiger partial charge in [-0.25, -0.2) is 0 Å². The summed E-state index contributed by atoms with van der Waals surface area (Å²) in [5, 5.41) is 2.08. The molecule has 0 saturated carbocycles. The average Bonchev–Trinajstić information content (AvgIpc) is 3.29. The number of methoxy groups -OCH3 is 1. The summed E-state index contributed by atoms with van der Waals surface area (Å²) in [6.07, 6.45) is 1.67. The summed E-state index contributed by atoms with van der Waals surface area (Å²) in [5.74, 6) is 1.51. The van der Waals surface area contributed by atoms with Crippen LogP contribution in [0, 0.1) is 5.92 Å². The van der Waals surface area contributed by atoms with Gasteiger partial charge in [0.2, 0.25) is 11.8 Å². The Balaban J connectivity index is 1.73. The number of carbonyl (C=O) groups excluding carboxylic acids is 2. The van der Waals surface area contributed by atoms with E-state index in [1.54, 1.807) is 16.2 Å². The molecule has 0 N–H and O–H groups in total. The number of ether oxygens (including phenoxy) is 2. The SMILES string of the molecule is COCC(=O)N(CCC(C)C)CC(=O)N1CCc2sccc2C1COc1ccc(C(C)C)cc1. The van der Waals surface area contributed by atoms with Gasteiger partial charge in [-0.15, -0.1) is 11.3 Å². The van der Waals surface area contributed by atoms with Crippen molar-refractivity contribution in [3.8, 4) is 5.75 Å². The minimum Gasteiger partial charge on any atom is -0.491 e. The summed E-state index contributed by atoms with van der Waals surface area (Å²) in [6.45, 7) is 10.2. The molecule has 0 fully saturated rings. The van der Waals surface area contributed by atoms with Crippen LogP contribution in [0.1, 0.15) is 62.1 Å². The molecule has 0 spiro atoms. The highest BCUT2D eigenvalue weighted by Gasteiger charge is 2.33. The van der Waals surface area contributed by atoms with Gasteiger partial charge in [0, 0.05) is 25.1 Å². The molecule has 7 heteroatoms. The highest BCUT2D eigenvalue weighted by atomic mass is 32.1. The van der Waals surface area contributed by atoms with Gasteiger partial charge in [0.25, 0.3) is 0 Å². The van der Waals surface area contributed by atoms with E-state index >= 15 is 0 Å². The third-order valence-corrected chi connectivity index (χ3v) is 7.29. The minimum atomic E-state index is -0.170. The summed E-state index contributed by atoms with van der Waals surface area (Å²) in [7, 11) is 1.50. The lowest BCUT2D eigenvalue weighted by atomic mass is 10.00. The Hall–Kier alpha value is -2.38. The summed E-state index contributed by atoms with van der Waals surface area (Å²) in [5.41, 5.74) is 2.42. The molecule has 3 rings (SSSR count). The number of amides is 2. The lowest BCUT2D eigenvalue weighted by Crippen LogP contribution is -2.48. The molecule has 34 heavy (non-hydrogen) atoms. The molecule has 1 unspecified atom stereocenters. The topological polar surface area (TPSA) is 59.1 Å². The van der Waals surface area contributed by atoms with E-state index in [4.69, 9.17) is 9.47 Å². The van der Waals surface area contributed by atoms with Crippen molar-refractivity contribution in [2.45, 2.75) is 52.5 Å². The molecule has 1 aliphatic heterocycles. The summed E-state index contributed by atoms with van der Waals surface area (Å²) < 4.78 is 11.2. The van der Waals surface area contributed by atoms with Crippen LogP contribution in [0.2, 0.25) is 0 Å². The number of thiophene rings is 1. The van der Waals surface area contributed by atoms with Crippen LogP contribution in [0.4, 0.5) is 0 Å². The van der Waals surface area contributed by atoms with Gasteiger partial charge in [0.15, 0.2) is 0 Å². The molecular weight excluding hydrogens is 448 g/mol. The maximum Gasteiger partial charge on any atom is 0.249 e. The molecular formula is C27H38N2O4S. The molecule has 2 aromatic rings. The molecule has 6 nitrogen and oxygen atoms in total. The first kappa shape index (κ1) is 26.2. The first-order chi connectivity index (χ1) is 16.3. The summed E-state index contributed by atoms with van der Waals surface area (Å²) >= 11 is 1.73. The highest BCUT2D eigenvalue weighted by Crippen LogP contribution is 2.34. The quantitative estimate of drug-likeness (QED) is 0.453. The Morgan fingerprint density at radius 2 is 1.88 bits per heavy atom. The van der Waals surface area contributed by atoms with E-state index in [0.29, 0.717) is 31.5 Å². The lowest BCUT2D eigenvalue weighted by molar-refractivity contribution is -0.144. The predicted octanol–water partition coefficient (Wildman–Crippen LogP) is 4.90. The molecule has 2 heterocycles. The molecule has 2 amide bonds. The monoisotopic (exact) mass is 486 g/mol. The second kappa shape index (κ2) is 12.4. The average molecular weight is 487 g/mol. The maximum atomic E-state index is 13.5. The Kier molecular flexibility index (Phi) is 9.54. The maximum absolute atomic E-state index is 13.5. The molecule has 0 bridgehead atoms. The number of rotatable bonds is 11. The molecule has 1 aromatic carbocycles. The molecule has 1 atom stereocenters. The van der Waals surface area contributed by atoms with Gasteiger partial charge < -0.3 is 19.3 Å². The minimum absolute atomic E-state index is 0.0149.